The highest BCUT2D eigenvalue weighted by molar-refractivity contribution is 6.32. The Labute approximate surface area is 110 Å². The molecule has 2 amide bonds. The third-order valence-corrected chi connectivity index (χ3v) is 2.43. The SMILES string of the molecule is CNC(=O)Oc1ccc(NC(=O)C(C)Cl)c(C)c1. The van der Waals surface area contributed by atoms with E-state index in [-0.39, 0.29) is 5.91 Å². The highest BCUT2D eigenvalue weighted by Crippen LogP contribution is 2.21. The van der Waals surface area contributed by atoms with E-state index >= 15 is 0 Å². The lowest BCUT2D eigenvalue weighted by Crippen LogP contribution is -2.22. The molecule has 2 N–H and O–H groups in total. The summed E-state index contributed by atoms with van der Waals surface area (Å²) in [6.07, 6.45) is -0.541. The van der Waals surface area contributed by atoms with Gasteiger partial charge in [0.15, 0.2) is 0 Å². The topological polar surface area (TPSA) is 67.4 Å². The minimum absolute atomic E-state index is 0.278. The van der Waals surface area contributed by atoms with Crippen LogP contribution in [-0.2, 0) is 4.79 Å². The average molecular weight is 271 g/mol. The van der Waals surface area contributed by atoms with E-state index in [0.29, 0.717) is 11.4 Å². The Morgan fingerprint density at radius 3 is 2.56 bits per heavy atom. The minimum Gasteiger partial charge on any atom is -0.410 e. The Kier molecular flexibility index (Phi) is 4.97. The molecule has 0 aliphatic rings. The van der Waals surface area contributed by atoms with E-state index in [4.69, 9.17) is 16.3 Å². The number of anilines is 1. The van der Waals surface area contributed by atoms with Crippen LogP contribution in [-0.4, -0.2) is 24.4 Å². The molecule has 1 aromatic rings. The molecule has 0 radical (unpaired) electrons. The number of carbonyl (C=O) groups excluding carboxylic acids is 2. The normalized spacial score (nSPS) is 11.6. The molecule has 0 aliphatic heterocycles. The predicted molar refractivity (Wildman–Crippen MR) is 70.2 cm³/mol. The smallest absolute Gasteiger partial charge is 0.410 e. The molecule has 0 saturated heterocycles. The summed E-state index contributed by atoms with van der Waals surface area (Å²) in [6.45, 7) is 3.39. The number of nitrogens with one attached hydrogen (secondary N) is 2. The van der Waals surface area contributed by atoms with Crippen molar-refractivity contribution in [3.05, 3.63) is 23.8 Å². The summed E-state index contributed by atoms with van der Waals surface area (Å²) in [5, 5.41) is 4.42. The third kappa shape index (κ3) is 3.92. The monoisotopic (exact) mass is 270 g/mol. The van der Waals surface area contributed by atoms with E-state index in [1.54, 1.807) is 32.0 Å². The first-order valence-corrected chi connectivity index (χ1v) is 5.83. The molecule has 6 heteroatoms. The van der Waals surface area contributed by atoms with Crippen LogP contribution in [0.4, 0.5) is 10.5 Å². The number of carbonyl (C=O) groups is 2. The number of aryl methyl sites for hydroxylation is 1. The molecule has 1 atom stereocenters. The van der Waals surface area contributed by atoms with Gasteiger partial charge in [-0.1, -0.05) is 0 Å². The summed E-state index contributed by atoms with van der Waals surface area (Å²) in [6, 6.07) is 4.91. The first-order chi connectivity index (χ1) is 8.43. The first kappa shape index (κ1) is 14.3. The van der Waals surface area contributed by atoms with Crippen molar-refractivity contribution in [3.8, 4) is 5.75 Å². The summed E-state index contributed by atoms with van der Waals surface area (Å²) in [5.74, 6) is 0.128. The Hall–Kier alpha value is -1.75. The lowest BCUT2D eigenvalue weighted by molar-refractivity contribution is -0.115. The number of amides is 2. The van der Waals surface area contributed by atoms with Crippen LogP contribution in [0.1, 0.15) is 12.5 Å². The van der Waals surface area contributed by atoms with E-state index in [1.165, 1.54) is 7.05 Å². The summed E-state index contributed by atoms with van der Waals surface area (Å²) < 4.78 is 4.96. The van der Waals surface area contributed by atoms with Crippen LogP contribution in [0.3, 0.4) is 0 Å². The number of hydrogen-bond donors (Lipinski definition) is 2. The molecule has 0 saturated carbocycles. The molecule has 18 heavy (non-hydrogen) atoms. The standard InChI is InChI=1S/C12H15ClN2O3/c1-7-6-9(18-12(17)14-3)4-5-10(7)15-11(16)8(2)13/h4-6,8H,1-3H3,(H,14,17)(H,15,16). The Morgan fingerprint density at radius 2 is 2.06 bits per heavy atom. The molecular weight excluding hydrogens is 256 g/mol. The largest absolute Gasteiger partial charge is 0.412 e. The maximum Gasteiger partial charge on any atom is 0.412 e. The van der Waals surface area contributed by atoms with Gasteiger partial charge in [0.05, 0.1) is 0 Å². The highest BCUT2D eigenvalue weighted by Gasteiger charge is 2.11. The van der Waals surface area contributed by atoms with Crippen molar-refractivity contribution in [1.82, 2.24) is 5.32 Å². The number of benzene rings is 1. The van der Waals surface area contributed by atoms with Gasteiger partial charge in [0.2, 0.25) is 5.91 Å². The molecule has 0 spiro atoms. The molecule has 1 aromatic carbocycles. The van der Waals surface area contributed by atoms with Crippen molar-refractivity contribution in [2.24, 2.45) is 0 Å². The second-order valence-electron chi connectivity index (χ2n) is 3.72. The molecule has 0 aromatic heterocycles. The van der Waals surface area contributed by atoms with E-state index in [2.05, 4.69) is 10.6 Å². The fraction of sp³-hybridized carbons (Fsp3) is 0.333. The molecule has 0 bridgehead atoms. The van der Waals surface area contributed by atoms with Crippen molar-refractivity contribution < 1.29 is 14.3 Å². The van der Waals surface area contributed by atoms with Gasteiger partial charge in [-0.05, 0) is 37.6 Å². The molecule has 5 nitrogen and oxygen atoms in total. The van der Waals surface area contributed by atoms with Gasteiger partial charge in [0.25, 0.3) is 0 Å². The molecule has 0 heterocycles. The van der Waals surface area contributed by atoms with Gasteiger partial charge in [-0.15, -0.1) is 11.6 Å². The highest BCUT2D eigenvalue weighted by atomic mass is 35.5. The van der Waals surface area contributed by atoms with Crippen molar-refractivity contribution in [1.29, 1.82) is 0 Å². The maximum atomic E-state index is 11.4. The molecule has 1 rings (SSSR count). The van der Waals surface area contributed by atoms with E-state index in [9.17, 15) is 9.59 Å². The zero-order chi connectivity index (χ0) is 13.7. The second-order valence-corrected chi connectivity index (χ2v) is 4.38. The molecule has 0 fully saturated rings. The zero-order valence-electron chi connectivity index (χ0n) is 10.4. The number of halogens is 1. The fourth-order valence-corrected chi connectivity index (χ4v) is 1.28. The van der Waals surface area contributed by atoms with E-state index in [0.717, 1.165) is 5.56 Å². The summed E-state index contributed by atoms with van der Waals surface area (Å²) in [5.41, 5.74) is 1.42. The minimum atomic E-state index is -0.605. The quantitative estimate of drug-likeness (QED) is 0.828. The lowest BCUT2D eigenvalue weighted by Gasteiger charge is -2.11. The van der Waals surface area contributed by atoms with Gasteiger partial charge >= 0.3 is 6.09 Å². The van der Waals surface area contributed by atoms with Crippen LogP contribution >= 0.6 is 11.6 Å². The third-order valence-electron chi connectivity index (χ3n) is 2.23. The van der Waals surface area contributed by atoms with E-state index in [1.807, 2.05) is 0 Å². The van der Waals surface area contributed by atoms with Gasteiger partial charge in [0, 0.05) is 12.7 Å². The average Bonchev–Trinajstić information content (AvgIpc) is 2.32. The summed E-state index contributed by atoms with van der Waals surface area (Å²) in [4.78, 5) is 22.5. The summed E-state index contributed by atoms with van der Waals surface area (Å²) >= 11 is 5.66. The molecule has 98 valence electrons. The van der Waals surface area contributed by atoms with Crippen molar-refractivity contribution in [2.45, 2.75) is 19.2 Å². The van der Waals surface area contributed by atoms with Crippen LogP contribution in [0.15, 0.2) is 18.2 Å². The van der Waals surface area contributed by atoms with Crippen LogP contribution in [0.25, 0.3) is 0 Å². The van der Waals surface area contributed by atoms with Crippen molar-refractivity contribution in [3.63, 3.8) is 0 Å². The van der Waals surface area contributed by atoms with Gasteiger partial charge in [-0.25, -0.2) is 4.79 Å². The Balaban J connectivity index is 2.80. The van der Waals surface area contributed by atoms with Gasteiger partial charge in [0.1, 0.15) is 11.1 Å². The zero-order valence-corrected chi connectivity index (χ0v) is 11.2. The van der Waals surface area contributed by atoms with Crippen LogP contribution in [0.5, 0.6) is 5.75 Å². The van der Waals surface area contributed by atoms with Crippen LogP contribution in [0, 0.1) is 6.92 Å². The first-order valence-electron chi connectivity index (χ1n) is 5.39. The lowest BCUT2D eigenvalue weighted by atomic mass is 10.2. The van der Waals surface area contributed by atoms with Gasteiger partial charge in [-0.3, -0.25) is 4.79 Å². The summed E-state index contributed by atoms with van der Waals surface area (Å²) in [7, 11) is 1.48. The predicted octanol–water partition coefficient (Wildman–Crippen LogP) is 2.28. The fourth-order valence-electron chi connectivity index (χ4n) is 1.23. The van der Waals surface area contributed by atoms with E-state index < -0.39 is 11.5 Å². The second kappa shape index (κ2) is 6.26. The van der Waals surface area contributed by atoms with Gasteiger partial charge < -0.3 is 15.4 Å². The molecule has 0 aliphatic carbocycles. The Morgan fingerprint density at radius 1 is 1.39 bits per heavy atom. The maximum absolute atomic E-state index is 11.4. The number of hydrogen-bond acceptors (Lipinski definition) is 3. The van der Waals surface area contributed by atoms with Gasteiger partial charge in [-0.2, -0.15) is 0 Å². The number of rotatable bonds is 3. The van der Waals surface area contributed by atoms with Crippen LogP contribution in [0.2, 0.25) is 0 Å². The molecular formula is C12H15ClN2O3. The number of ether oxygens (including phenoxy) is 1. The molecule has 1 unspecified atom stereocenters. The Bertz CT molecular complexity index is 461. The number of alkyl halides is 1. The van der Waals surface area contributed by atoms with Crippen molar-refractivity contribution >= 4 is 29.3 Å². The van der Waals surface area contributed by atoms with Crippen LogP contribution < -0.4 is 15.4 Å². The van der Waals surface area contributed by atoms with Crippen molar-refractivity contribution in [2.75, 3.05) is 12.4 Å².